The number of hydrogen-bond acceptors (Lipinski definition) is 3. The molecule has 0 atom stereocenters. The highest BCUT2D eigenvalue weighted by Gasteiger charge is 2.13. The van der Waals surface area contributed by atoms with E-state index in [0.717, 1.165) is 0 Å². The molecule has 0 aliphatic carbocycles. The summed E-state index contributed by atoms with van der Waals surface area (Å²) < 4.78 is 13.7. The van der Waals surface area contributed by atoms with Crippen LogP contribution in [0.15, 0.2) is 66.9 Å². The molecule has 24 heavy (non-hydrogen) atoms. The first-order valence-electron chi connectivity index (χ1n) is 7.48. The SMILES string of the molecule is Cc1ccc(Nc2ncccc2C(=O)Nc2ccccc2)cc1F. The van der Waals surface area contributed by atoms with E-state index in [1.54, 1.807) is 49.5 Å². The van der Waals surface area contributed by atoms with Crippen LogP contribution in [0.25, 0.3) is 0 Å². The van der Waals surface area contributed by atoms with E-state index in [9.17, 15) is 9.18 Å². The highest BCUT2D eigenvalue weighted by molar-refractivity contribution is 6.07. The molecule has 0 bridgehead atoms. The van der Waals surface area contributed by atoms with E-state index in [0.29, 0.717) is 28.3 Å². The molecule has 120 valence electrons. The van der Waals surface area contributed by atoms with Crippen LogP contribution >= 0.6 is 0 Å². The fraction of sp³-hybridized carbons (Fsp3) is 0.0526. The Bertz CT molecular complexity index is 865. The second kappa shape index (κ2) is 6.91. The number of aryl methyl sites for hydroxylation is 1. The van der Waals surface area contributed by atoms with E-state index in [1.165, 1.54) is 6.07 Å². The average Bonchev–Trinajstić information content (AvgIpc) is 2.59. The molecule has 0 aliphatic rings. The first-order valence-corrected chi connectivity index (χ1v) is 7.48. The van der Waals surface area contributed by atoms with Gasteiger partial charge < -0.3 is 10.6 Å². The van der Waals surface area contributed by atoms with Gasteiger partial charge in [0.1, 0.15) is 11.6 Å². The van der Waals surface area contributed by atoms with Gasteiger partial charge in [0.05, 0.1) is 5.56 Å². The van der Waals surface area contributed by atoms with Crippen LogP contribution < -0.4 is 10.6 Å². The number of pyridine rings is 1. The molecule has 5 heteroatoms. The molecule has 1 heterocycles. The third-order valence-corrected chi connectivity index (χ3v) is 3.52. The zero-order chi connectivity index (χ0) is 16.9. The minimum Gasteiger partial charge on any atom is -0.339 e. The van der Waals surface area contributed by atoms with Crippen LogP contribution in [0.1, 0.15) is 15.9 Å². The van der Waals surface area contributed by atoms with Gasteiger partial charge in [-0.1, -0.05) is 24.3 Å². The molecular formula is C19H16FN3O. The zero-order valence-corrected chi connectivity index (χ0v) is 13.1. The highest BCUT2D eigenvalue weighted by atomic mass is 19.1. The van der Waals surface area contributed by atoms with Crippen molar-refractivity contribution in [3.63, 3.8) is 0 Å². The van der Waals surface area contributed by atoms with Gasteiger partial charge in [-0.25, -0.2) is 9.37 Å². The van der Waals surface area contributed by atoms with Crippen molar-refractivity contribution >= 4 is 23.1 Å². The van der Waals surface area contributed by atoms with Crippen LogP contribution in [0.5, 0.6) is 0 Å². The smallest absolute Gasteiger partial charge is 0.259 e. The van der Waals surface area contributed by atoms with Crippen molar-refractivity contribution in [1.29, 1.82) is 0 Å². The molecular weight excluding hydrogens is 305 g/mol. The fourth-order valence-electron chi connectivity index (χ4n) is 2.22. The summed E-state index contributed by atoms with van der Waals surface area (Å²) in [4.78, 5) is 16.7. The van der Waals surface area contributed by atoms with Gasteiger partial charge in [-0.05, 0) is 48.9 Å². The lowest BCUT2D eigenvalue weighted by molar-refractivity contribution is 0.102. The maximum Gasteiger partial charge on any atom is 0.259 e. The second-order valence-electron chi connectivity index (χ2n) is 5.31. The van der Waals surface area contributed by atoms with Crippen molar-refractivity contribution in [3.8, 4) is 0 Å². The van der Waals surface area contributed by atoms with E-state index in [-0.39, 0.29) is 11.7 Å². The molecule has 3 rings (SSSR count). The number of nitrogens with one attached hydrogen (secondary N) is 2. The Kier molecular flexibility index (Phi) is 4.52. The molecule has 0 saturated carbocycles. The number of amides is 1. The van der Waals surface area contributed by atoms with Crippen molar-refractivity contribution in [1.82, 2.24) is 4.98 Å². The fourth-order valence-corrected chi connectivity index (χ4v) is 2.22. The Labute approximate surface area is 139 Å². The lowest BCUT2D eigenvalue weighted by Crippen LogP contribution is -2.14. The van der Waals surface area contributed by atoms with Crippen LogP contribution in [0.3, 0.4) is 0 Å². The van der Waals surface area contributed by atoms with E-state index >= 15 is 0 Å². The van der Waals surface area contributed by atoms with E-state index < -0.39 is 0 Å². The molecule has 0 radical (unpaired) electrons. The molecule has 3 aromatic rings. The predicted octanol–water partition coefficient (Wildman–Crippen LogP) is 4.53. The summed E-state index contributed by atoms with van der Waals surface area (Å²) in [5.74, 6) is -0.232. The van der Waals surface area contributed by atoms with Gasteiger partial charge in [0.2, 0.25) is 0 Å². The number of halogens is 1. The molecule has 1 amide bonds. The van der Waals surface area contributed by atoms with Crippen LogP contribution in [0.2, 0.25) is 0 Å². The summed E-state index contributed by atoms with van der Waals surface area (Å²) in [7, 11) is 0. The average molecular weight is 321 g/mol. The monoisotopic (exact) mass is 321 g/mol. The van der Waals surface area contributed by atoms with Gasteiger partial charge in [-0.3, -0.25) is 4.79 Å². The number of carbonyl (C=O) groups is 1. The molecule has 1 aromatic heterocycles. The molecule has 4 nitrogen and oxygen atoms in total. The van der Waals surface area contributed by atoms with Crippen molar-refractivity contribution in [2.45, 2.75) is 6.92 Å². The lowest BCUT2D eigenvalue weighted by atomic mass is 10.2. The van der Waals surface area contributed by atoms with Gasteiger partial charge >= 0.3 is 0 Å². The molecule has 0 spiro atoms. The highest BCUT2D eigenvalue weighted by Crippen LogP contribution is 2.21. The molecule has 0 saturated heterocycles. The van der Waals surface area contributed by atoms with Crippen molar-refractivity contribution in [2.75, 3.05) is 10.6 Å². The molecule has 0 fully saturated rings. The number of nitrogens with zero attached hydrogens (tertiary/aromatic N) is 1. The third kappa shape index (κ3) is 3.57. The third-order valence-electron chi connectivity index (χ3n) is 3.52. The minimum atomic E-state index is -0.314. The number of carbonyl (C=O) groups excluding carboxylic acids is 1. The quantitative estimate of drug-likeness (QED) is 0.742. The number of para-hydroxylation sites is 1. The van der Waals surface area contributed by atoms with Gasteiger partial charge in [0.15, 0.2) is 0 Å². The molecule has 0 aliphatic heterocycles. The van der Waals surface area contributed by atoms with Crippen molar-refractivity contribution in [3.05, 3.63) is 83.8 Å². The number of aromatic nitrogens is 1. The van der Waals surface area contributed by atoms with Crippen molar-refractivity contribution in [2.24, 2.45) is 0 Å². The van der Waals surface area contributed by atoms with E-state index in [2.05, 4.69) is 15.6 Å². The summed E-state index contributed by atoms with van der Waals surface area (Å²) in [5.41, 5.74) is 2.16. The Hall–Kier alpha value is -3.21. The number of rotatable bonds is 4. The first kappa shape index (κ1) is 15.7. The number of hydrogen-bond donors (Lipinski definition) is 2. The Morgan fingerprint density at radius 1 is 1.00 bits per heavy atom. The minimum absolute atomic E-state index is 0.288. The van der Waals surface area contributed by atoms with E-state index in [4.69, 9.17) is 0 Å². The first-order chi connectivity index (χ1) is 11.6. The normalized spacial score (nSPS) is 10.2. The second-order valence-corrected chi connectivity index (χ2v) is 5.31. The molecule has 0 unspecified atom stereocenters. The van der Waals surface area contributed by atoms with Gasteiger partial charge in [-0.2, -0.15) is 0 Å². The van der Waals surface area contributed by atoms with Gasteiger partial charge in [0, 0.05) is 17.6 Å². The molecule has 2 aromatic carbocycles. The zero-order valence-electron chi connectivity index (χ0n) is 13.1. The summed E-state index contributed by atoms with van der Waals surface area (Å²) in [6, 6.07) is 17.3. The van der Waals surface area contributed by atoms with Crippen LogP contribution in [0.4, 0.5) is 21.6 Å². The molecule has 2 N–H and O–H groups in total. The van der Waals surface area contributed by atoms with Gasteiger partial charge in [0.25, 0.3) is 5.91 Å². The summed E-state index contributed by atoms with van der Waals surface area (Å²) in [6.07, 6.45) is 1.58. The number of anilines is 3. The summed E-state index contributed by atoms with van der Waals surface area (Å²) >= 11 is 0. The Morgan fingerprint density at radius 2 is 1.79 bits per heavy atom. The Balaban J connectivity index is 1.84. The maximum absolute atomic E-state index is 13.7. The maximum atomic E-state index is 13.7. The predicted molar refractivity (Wildman–Crippen MR) is 93.1 cm³/mol. The largest absolute Gasteiger partial charge is 0.339 e. The summed E-state index contributed by atoms with van der Waals surface area (Å²) in [6.45, 7) is 1.69. The Morgan fingerprint density at radius 3 is 2.54 bits per heavy atom. The van der Waals surface area contributed by atoms with Crippen LogP contribution in [-0.2, 0) is 0 Å². The van der Waals surface area contributed by atoms with Crippen LogP contribution in [0, 0.1) is 12.7 Å². The lowest BCUT2D eigenvalue weighted by Gasteiger charge is -2.11. The number of benzene rings is 2. The van der Waals surface area contributed by atoms with Gasteiger partial charge in [-0.15, -0.1) is 0 Å². The standard InChI is InChI=1S/C19H16FN3O/c1-13-9-10-15(12-17(13)20)22-18-16(8-5-11-21-18)19(24)23-14-6-3-2-4-7-14/h2-12H,1H3,(H,21,22)(H,23,24). The van der Waals surface area contributed by atoms with Crippen molar-refractivity contribution < 1.29 is 9.18 Å². The van der Waals surface area contributed by atoms with E-state index in [1.807, 2.05) is 18.2 Å². The summed E-state index contributed by atoms with van der Waals surface area (Å²) in [5, 5.41) is 5.81. The topological polar surface area (TPSA) is 54.0 Å². The van der Waals surface area contributed by atoms with Crippen LogP contribution in [-0.4, -0.2) is 10.9 Å².